The van der Waals surface area contributed by atoms with Gasteiger partial charge in [-0.1, -0.05) is 17.7 Å². The summed E-state index contributed by atoms with van der Waals surface area (Å²) in [6.45, 7) is -0.375. The Morgan fingerprint density at radius 1 is 1.38 bits per heavy atom. The maximum Gasteiger partial charge on any atom is 0.250 e. The molecule has 90 valence electrons. The summed E-state index contributed by atoms with van der Waals surface area (Å²) in [5, 5.41) is 2.54. The molecule has 0 radical (unpaired) electrons. The van der Waals surface area contributed by atoms with Crippen molar-refractivity contribution in [1.29, 1.82) is 0 Å². The quantitative estimate of drug-likeness (QED) is 0.844. The van der Waals surface area contributed by atoms with Gasteiger partial charge in [0.25, 0.3) is 6.43 Å². The second kappa shape index (κ2) is 6.08. The van der Waals surface area contributed by atoms with Gasteiger partial charge in [0.2, 0.25) is 0 Å². The molecule has 0 aliphatic carbocycles. The molecule has 0 saturated heterocycles. The molecule has 0 aliphatic heterocycles. The standard InChI is InChI=1S/C10H12ClF3N2/c11-7-2-1-6(3-8(7)12)9(4-15)16-5-10(13)14/h1-3,9-10,16H,4-5,15H2. The Kier molecular flexibility index (Phi) is 5.05. The maximum absolute atomic E-state index is 13.1. The molecule has 0 aliphatic rings. The highest BCUT2D eigenvalue weighted by molar-refractivity contribution is 6.30. The van der Waals surface area contributed by atoms with Gasteiger partial charge in [0.15, 0.2) is 0 Å². The molecule has 1 rings (SSSR count). The monoisotopic (exact) mass is 252 g/mol. The van der Waals surface area contributed by atoms with Crippen molar-refractivity contribution in [3.8, 4) is 0 Å². The lowest BCUT2D eigenvalue weighted by Gasteiger charge is -2.17. The first kappa shape index (κ1) is 13.3. The van der Waals surface area contributed by atoms with E-state index in [1.807, 2.05) is 0 Å². The van der Waals surface area contributed by atoms with Gasteiger partial charge in [-0.25, -0.2) is 13.2 Å². The fourth-order valence-corrected chi connectivity index (χ4v) is 1.42. The highest BCUT2D eigenvalue weighted by Crippen LogP contribution is 2.19. The van der Waals surface area contributed by atoms with Gasteiger partial charge in [0, 0.05) is 12.6 Å². The maximum atomic E-state index is 13.1. The van der Waals surface area contributed by atoms with Gasteiger partial charge < -0.3 is 11.1 Å². The molecule has 0 spiro atoms. The number of halogens is 4. The molecule has 1 aromatic carbocycles. The van der Waals surface area contributed by atoms with E-state index in [-0.39, 0.29) is 11.6 Å². The molecule has 0 aromatic heterocycles. The van der Waals surface area contributed by atoms with Gasteiger partial charge >= 0.3 is 0 Å². The van der Waals surface area contributed by atoms with Gasteiger partial charge in [-0.15, -0.1) is 0 Å². The van der Waals surface area contributed by atoms with E-state index in [2.05, 4.69) is 5.32 Å². The molecule has 1 aromatic rings. The molecule has 3 N–H and O–H groups in total. The number of nitrogens with two attached hydrogens (primary N) is 1. The summed E-state index contributed by atoms with van der Waals surface area (Å²) in [6, 6.07) is 3.62. The Balaban J connectivity index is 2.74. The van der Waals surface area contributed by atoms with Crippen LogP contribution in [0.2, 0.25) is 5.02 Å². The number of hydrogen-bond donors (Lipinski definition) is 2. The lowest BCUT2D eigenvalue weighted by atomic mass is 10.1. The predicted octanol–water partition coefficient (Wildman–Crippen LogP) is 2.33. The van der Waals surface area contributed by atoms with E-state index < -0.39 is 24.8 Å². The van der Waals surface area contributed by atoms with Crippen LogP contribution in [-0.2, 0) is 0 Å². The van der Waals surface area contributed by atoms with E-state index >= 15 is 0 Å². The Bertz CT molecular complexity index is 347. The largest absolute Gasteiger partial charge is 0.329 e. The summed E-state index contributed by atoms with van der Waals surface area (Å²) in [6.07, 6.45) is -2.47. The third-order valence-corrected chi connectivity index (χ3v) is 2.41. The molecule has 1 atom stereocenters. The van der Waals surface area contributed by atoms with Crippen LogP contribution in [0.5, 0.6) is 0 Å². The van der Waals surface area contributed by atoms with Gasteiger partial charge in [0.1, 0.15) is 5.82 Å². The smallest absolute Gasteiger partial charge is 0.250 e. The van der Waals surface area contributed by atoms with Crippen LogP contribution in [0.3, 0.4) is 0 Å². The van der Waals surface area contributed by atoms with Crippen LogP contribution >= 0.6 is 11.6 Å². The number of alkyl halides is 2. The normalized spacial score (nSPS) is 13.1. The minimum atomic E-state index is -2.47. The first-order chi connectivity index (χ1) is 7.54. The fourth-order valence-electron chi connectivity index (χ4n) is 1.30. The summed E-state index contributed by atoms with van der Waals surface area (Å²) < 4.78 is 37.1. The minimum Gasteiger partial charge on any atom is -0.329 e. The lowest BCUT2D eigenvalue weighted by Crippen LogP contribution is -2.31. The van der Waals surface area contributed by atoms with Gasteiger partial charge in [-0.2, -0.15) is 0 Å². The van der Waals surface area contributed by atoms with Crippen molar-refractivity contribution in [3.05, 3.63) is 34.6 Å². The van der Waals surface area contributed by atoms with Crippen LogP contribution in [-0.4, -0.2) is 19.5 Å². The second-order valence-corrected chi connectivity index (χ2v) is 3.67. The first-order valence-electron chi connectivity index (χ1n) is 4.71. The Hall–Kier alpha value is -0.780. The Morgan fingerprint density at radius 3 is 2.56 bits per heavy atom. The average Bonchev–Trinajstić information content (AvgIpc) is 2.23. The van der Waals surface area contributed by atoms with Gasteiger partial charge in [0.05, 0.1) is 11.6 Å². The van der Waals surface area contributed by atoms with E-state index in [0.717, 1.165) is 0 Å². The van der Waals surface area contributed by atoms with Crippen molar-refractivity contribution in [2.45, 2.75) is 12.5 Å². The summed E-state index contributed by atoms with van der Waals surface area (Å²) in [4.78, 5) is 0. The molecule has 1 unspecified atom stereocenters. The molecule has 6 heteroatoms. The number of rotatable bonds is 5. The molecule has 0 fully saturated rings. The van der Waals surface area contributed by atoms with Crippen LogP contribution < -0.4 is 11.1 Å². The molecular weight excluding hydrogens is 241 g/mol. The third-order valence-electron chi connectivity index (χ3n) is 2.10. The molecule has 0 bridgehead atoms. The fraction of sp³-hybridized carbons (Fsp3) is 0.400. The lowest BCUT2D eigenvalue weighted by molar-refractivity contribution is 0.141. The summed E-state index contributed by atoms with van der Waals surface area (Å²) >= 11 is 5.51. The summed E-state index contributed by atoms with van der Waals surface area (Å²) in [5.41, 5.74) is 5.92. The van der Waals surface area contributed by atoms with Crippen molar-refractivity contribution < 1.29 is 13.2 Å². The number of benzene rings is 1. The van der Waals surface area contributed by atoms with E-state index in [0.29, 0.717) is 5.56 Å². The third kappa shape index (κ3) is 3.66. The topological polar surface area (TPSA) is 38.0 Å². The van der Waals surface area contributed by atoms with Crippen LogP contribution in [0.1, 0.15) is 11.6 Å². The van der Waals surface area contributed by atoms with Crippen molar-refractivity contribution in [3.63, 3.8) is 0 Å². The highest BCUT2D eigenvalue weighted by atomic mass is 35.5. The molecule has 2 nitrogen and oxygen atoms in total. The zero-order chi connectivity index (χ0) is 12.1. The SMILES string of the molecule is NCC(NCC(F)F)c1ccc(Cl)c(F)c1. The van der Waals surface area contributed by atoms with Crippen molar-refractivity contribution >= 4 is 11.6 Å². The van der Waals surface area contributed by atoms with Crippen LogP contribution in [0.15, 0.2) is 18.2 Å². The highest BCUT2D eigenvalue weighted by Gasteiger charge is 2.13. The zero-order valence-electron chi connectivity index (χ0n) is 8.39. The number of nitrogens with one attached hydrogen (secondary N) is 1. The van der Waals surface area contributed by atoms with Crippen LogP contribution in [0.4, 0.5) is 13.2 Å². The second-order valence-electron chi connectivity index (χ2n) is 3.26. The average molecular weight is 253 g/mol. The van der Waals surface area contributed by atoms with E-state index in [4.69, 9.17) is 17.3 Å². The molecule has 0 heterocycles. The molecule has 0 amide bonds. The van der Waals surface area contributed by atoms with Crippen LogP contribution in [0, 0.1) is 5.82 Å². The first-order valence-corrected chi connectivity index (χ1v) is 5.09. The van der Waals surface area contributed by atoms with Crippen molar-refractivity contribution in [1.82, 2.24) is 5.32 Å². The summed E-state index contributed by atoms with van der Waals surface area (Å²) in [5.74, 6) is -0.587. The van der Waals surface area contributed by atoms with E-state index in [9.17, 15) is 13.2 Å². The van der Waals surface area contributed by atoms with E-state index in [1.165, 1.54) is 12.1 Å². The van der Waals surface area contributed by atoms with Crippen molar-refractivity contribution in [2.24, 2.45) is 5.73 Å². The minimum absolute atomic E-state index is 0.00613. The van der Waals surface area contributed by atoms with Gasteiger partial charge in [-0.05, 0) is 17.7 Å². The molecule has 16 heavy (non-hydrogen) atoms. The Morgan fingerprint density at radius 2 is 2.06 bits per heavy atom. The number of hydrogen-bond acceptors (Lipinski definition) is 2. The van der Waals surface area contributed by atoms with Gasteiger partial charge in [-0.3, -0.25) is 0 Å². The van der Waals surface area contributed by atoms with E-state index in [1.54, 1.807) is 6.07 Å². The summed E-state index contributed by atoms with van der Waals surface area (Å²) in [7, 11) is 0. The van der Waals surface area contributed by atoms with Crippen molar-refractivity contribution in [2.75, 3.05) is 13.1 Å². The predicted molar refractivity (Wildman–Crippen MR) is 57.2 cm³/mol. The molecule has 0 saturated carbocycles. The molecular formula is C10H12ClF3N2. The van der Waals surface area contributed by atoms with Crippen LogP contribution in [0.25, 0.3) is 0 Å². The Labute approximate surface area is 96.6 Å². The zero-order valence-corrected chi connectivity index (χ0v) is 9.15.